The second-order valence-electron chi connectivity index (χ2n) is 10.2. The van der Waals surface area contributed by atoms with Gasteiger partial charge in [-0.2, -0.15) is 0 Å². The second-order valence-corrected chi connectivity index (χ2v) is 11.7. The minimum absolute atomic E-state index is 0. The third-order valence-corrected chi connectivity index (χ3v) is 8.22. The third kappa shape index (κ3) is 9.37. The lowest BCUT2D eigenvalue weighted by Gasteiger charge is -2.30. The van der Waals surface area contributed by atoms with Crippen LogP contribution >= 0.6 is 23.4 Å². The number of benzene rings is 2. The Labute approximate surface area is 228 Å². The summed E-state index contributed by atoms with van der Waals surface area (Å²) in [6, 6.07) is 15.1. The van der Waals surface area contributed by atoms with Crippen molar-refractivity contribution >= 4 is 28.9 Å². The maximum absolute atomic E-state index is 6.37. The lowest BCUT2D eigenvalue weighted by Crippen LogP contribution is -3.00. The zero-order chi connectivity index (χ0) is 23.5. The van der Waals surface area contributed by atoms with Crippen LogP contribution in [0.5, 0.6) is 0 Å². The number of fused-ring (bicyclic) bond motifs is 2. The van der Waals surface area contributed by atoms with Crippen LogP contribution in [0.25, 0.3) is 5.57 Å². The first-order valence-electron chi connectivity index (χ1n) is 13.1. The van der Waals surface area contributed by atoms with Gasteiger partial charge in [0.2, 0.25) is 0 Å². The van der Waals surface area contributed by atoms with E-state index in [4.69, 9.17) is 11.6 Å². The van der Waals surface area contributed by atoms with Crippen LogP contribution < -0.4 is 17.0 Å². The van der Waals surface area contributed by atoms with E-state index in [1.807, 2.05) is 17.8 Å². The lowest BCUT2D eigenvalue weighted by atomic mass is 9.96. The molecule has 4 heteroatoms. The van der Waals surface area contributed by atoms with Crippen LogP contribution in [0.1, 0.15) is 88.7 Å². The van der Waals surface area contributed by atoms with Crippen LogP contribution in [0.15, 0.2) is 58.3 Å². The summed E-state index contributed by atoms with van der Waals surface area (Å²) in [7, 11) is 4.78. The highest BCUT2D eigenvalue weighted by Crippen LogP contribution is 2.46. The molecule has 2 aromatic rings. The van der Waals surface area contributed by atoms with Gasteiger partial charge in [-0.1, -0.05) is 106 Å². The number of rotatable bonds is 14. The second kappa shape index (κ2) is 15.4. The summed E-state index contributed by atoms with van der Waals surface area (Å²) < 4.78 is 1.10. The largest absolute Gasteiger partial charge is 1.00 e. The van der Waals surface area contributed by atoms with Crippen molar-refractivity contribution < 1.29 is 21.5 Å². The molecular formula is C30H43BrClNS. The molecule has 0 aliphatic carbocycles. The summed E-state index contributed by atoms with van der Waals surface area (Å²) in [5.41, 5.74) is 3.98. The Morgan fingerprint density at radius 2 is 1.38 bits per heavy atom. The third-order valence-electron chi connectivity index (χ3n) is 6.83. The first-order valence-corrected chi connectivity index (χ1v) is 14.3. The molecule has 0 fully saturated rings. The molecule has 1 nitrogen and oxygen atoms in total. The van der Waals surface area contributed by atoms with Crippen LogP contribution in [0.4, 0.5) is 0 Å². The van der Waals surface area contributed by atoms with Crippen molar-refractivity contribution in [2.24, 2.45) is 0 Å². The van der Waals surface area contributed by atoms with Crippen LogP contribution in [-0.2, 0) is 0 Å². The van der Waals surface area contributed by atoms with Gasteiger partial charge in [0, 0.05) is 21.2 Å². The van der Waals surface area contributed by atoms with Gasteiger partial charge >= 0.3 is 0 Å². The molecule has 1 aliphatic heterocycles. The number of unbranched alkanes of at least 4 members (excludes halogenated alkanes) is 9. The predicted octanol–water partition coefficient (Wildman–Crippen LogP) is 6.63. The van der Waals surface area contributed by atoms with E-state index in [-0.39, 0.29) is 17.0 Å². The maximum atomic E-state index is 6.37. The fraction of sp³-hybridized carbons (Fsp3) is 0.533. The van der Waals surface area contributed by atoms with Crippen LogP contribution in [0.3, 0.4) is 0 Å². The highest BCUT2D eigenvalue weighted by Gasteiger charge is 2.21. The van der Waals surface area contributed by atoms with Crippen molar-refractivity contribution in [3.63, 3.8) is 0 Å². The van der Waals surface area contributed by atoms with Crippen molar-refractivity contribution in [3.05, 3.63) is 64.7 Å². The summed E-state index contributed by atoms with van der Waals surface area (Å²) in [6.07, 6.45) is 17.6. The van der Waals surface area contributed by atoms with Gasteiger partial charge in [0.05, 0.1) is 27.2 Å². The van der Waals surface area contributed by atoms with Gasteiger partial charge in [-0.3, -0.25) is 0 Å². The van der Waals surface area contributed by atoms with Crippen molar-refractivity contribution in [1.82, 2.24) is 0 Å². The van der Waals surface area contributed by atoms with E-state index in [9.17, 15) is 0 Å². The lowest BCUT2D eigenvalue weighted by molar-refractivity contribution is -0.890. The molecule has 1 heterocycles. The van der Waals surface area contributed by atoms with Gasteiger partial charge in [0.15, 0.2) is 0 Å². The van der Waals surface area contributed by atoms with Gasteiger partial charge < -0.3 is 21.5 Å². The van der Waals surface area contributed by atoms with Crippen LogP contribution in [-0.4, -0.2) is 31.7 Å². The molecule has 0 N–H and O–H groups in total. The Bertz CT molecular complexity index is 908. The van der Waals surface area contributed by atoms with Crippen molar-refractivity contribution in [2.45, 2.75) is 87.3 Å². The Kier molecular flexibility index (Phi) is 13.3. The van der Waals surface area contributed by atoms with E-state index in [2.05, 4.69) is 63.5 Å². The molecule has 0 saturated heterocycles. The topological polar surface area (TPSA) is 0 Å². The van der Waals surface area contributed by atoms with E-state index in [0.29, 0.717) is 0 Å². The van der Waals surface area contributed by atoms with E-state index >= 15 is 0 Å². The Hall–Kier alpha value is -0.740. The molecule has 188 valence electrons. The van der Waals surface area contributed by atoms with E-state index < -0.39 is 0 Å². The minimum atomic E-state index is 0. The first kappa shape index (κ1) is 29.5. The smallest absolute Gasteiger partial charge is 0.0817 e. The fourth-order valence-electron chi connectivity index (χ4n) is 4.76. The molecule has 0 bridgehead atoms. The molecule has 0 spiro atoms. The molecule has 0 radical (unpaired) electrons. The molecule has 34 heavy (non-hydrogen) atoms. The number of quaternary nitrogens is 1. The molecule has 0 saturated carbocycles. The highest BCUT2D eigenvalue weighted by atomic mass is 79.9. The molecule has 0 atom stereocenters. The minimum Gasteiger partial charge on any atom is -1.00 e. The molecular weight excluding hydrogens is 522 g/mol. The Balaban J connectivity index is 0.00000408. The average Bonchev–Trinajstić information content (AvgIpc) is 2.80. The number of nitrogens with zero attached hydrogens (tertiary/aromatic N) is 1. The Morgan fingerprint density at radius 1 is 0.765 bits per heavy atom. The SMILES string of the molecule is CCCCCCCCCCCC[N+](C)(C)CCC=C1c2ccccc2Sc2ccc(Cl)cc21.[Br-]. The molecule has 0 aromatic heterocycles. The molecule has 3 rings (SSSR count). The predicted molar refractivity (Wildman–Crippen MR) is 147 cm³/mol. The zero-order valence-electron chi connectivity index (χ0n) is 21.4. The van der Waals surface area contributed by atoms with Gasteiger partial charge in [0.1, 0.15) is 0 Å². The van der Waals surface area contributed by atoms with Crippen molar-refractivity contribution in [2.75, 3.05) is 27.2 Å². The number of halogens is 2. The fourth-order valence-corrected chi connectivity index (χ4v) is 6.02. The van der Waals surface area contributed by atoms with Gasteiger partial charge in [0.25, 0.3) is 0 Å². The zero-order valence-corrected chi connectivity index (χ0v) is 24.6. The van der Waals surface area contributed by atoms with E-state index in [1.165, 1.54) is 104 Å². The molecule has 0 unspecified atom stereocenters. The van der Waals surface area contributed by atoms with Gasteiger partial charge in [-0.15, -0.1) is 0 Å². The summed E-state index contributed by atoms with van der Waals surface area (Å²) >= 11 is 8.22. The molecule has 0 amide bonds. The van der Waals surface area contributed by atoms with Crippen LogP contribution in [0, 0.1) is 0 Å². The van der Waals surface area contributed by atoms with Gasteiger partial charge in [-0.05, 0) is 53.8 Å². The summed E-state index contributed by atoms with van der Waals surface area (Å²) in [5, 5.41) is 0.816. The molecule has 1 aliphatic rings. The normalized spacial score (nSPS) is 13.9. The van der Waals surface area contributed by atoms with E-state index in [1.54, 1.807) is 0 Å². The first-order chi connectivity index (χ1) is 16.0. The summed E-state index contributed by atoms with van der Waals surface area (Å²) in [6.45, 7) is 4.74. The number of hydrogen-bond acceptors (Lipinski definition) is 1. The van der Waals surface area contributed by atoms with Crippen molar-refractivity contribution in [1.29, 1.82) is 0 Å². The highest BCUT2D eigenvalue weighted by molar-refractivity contribution is 7.99. The Morgan fingerprint density at radius 3 is 2.09 bits per heavy atom. The summed E-state index contributed by atoms with van der Waals surface area (Å²) in [5.74, 6) is 0. The monoisotopic (exact) mass is 563 g/mol. The van der Waals surface area contributed by atoms with Gasteiger partial charge in [-0.25, -0.2) is 0 Å². The number of hydrogen-bond donors (Lipinski definition) is 0. The summed E-state index contributed by atoms with van der Waals surface area (Å²) in [4.78, 5) is 2.65. The van der Waals surface area contributed by atoms with E-state index in [0.717, 1.165) is 15.9 Å². The standard InChI is InChI=1S/C30H43ClNS.BrH/c1-4-5-6-7-8-9-10-11-12-15-22-32(2,3)23-16-18-26-27-17-13-14-19-29(27)33-30-21-20-25(31)24-28(26)30;/h13-14,17-21,24H,4-12,15-16,22-23H2,1-3H3;1H/q+1;/p-1. The molecule has 2 aromatic carbocycles. The maximum Gasteiger partial charge on any atom is 0.0817 e. The quantitative estimate of drug-likeness (QED) is 0.156. The average molecular weight is 565 g/mol. The van der Waals surface area contributed by atoms with Crippen LogP contribution in [0.2, 0.25) is 5.02 Å². The van der Waals surface area contributed by atoms with Crippen molar-refractivity contribution in [3.8, 4) is 0 Å².